The normalized spacial score (nSPS) is 11.6. The van der Waals surface area contributed by atoms with Gasteiger partial charge in [-0.15, -0.1) is 0 Å². The van der Waals surface area contributed by atoms with Crippen molar-refractivity contribution in [3.05, 3.63) is 62.0 Å². The molecule has 2 aromatic rings. The maximum atomic E-state index is 13.0. The Bertz CT molecular complexity index is 1090. The van der Waals surface area contributed by atoms with Gasteiger partial charge in [0.1, 0.15) is 6.61 Å². The number of hydrogen-bond donors (Lipinski definition) is 1. The molecule has 0 saturated heterocycles. The Kier molecular flexibility index (Phi) is 10.8. The smallest absolute Gasteiger partial charge is 0.297 e. The molecule has 1 N–H and O–H groups in total. The summed E-state index contributed by atoms with van der Waals surface area (Å²) in [6, 6.07) is 4.31. The number of rotatable bonds is 14. The maximum Gasteiger partial charge on any atom is 0.297 e. The van der Waals surface area contributed by atoms with Crippen LogP contribution in [0.15, 0.2) is 46.3 Å². The fraction of sp³-hybridized carbons (Fsp3) is 0.519. The minimum Gasteiger partial charge on any atom is -0.500 e. The molecule has 0 bridgehead atoms. The first-order chi connectivity index (χ1) is 16.3. The molecule has 0 fully saturated rings. The predicted molar refractivity (Wildman–Crippen MR) is 138 cm³/mol. The molecular formula is C27H38N2O5. The molecule has 7 nitrogen and oxygen atoms in total. The summed E-state index contributed by atoms with van der Waals surface area (Å²) in [5.74, 6) is -0.384. The Morgan fingerprint density at radius 1 is 1.12 bits per heavy atom. The summed E-state index contributed by atoms with van der Waals surface area (Å²) in [5.41, 5.74) is 2.14. The van der Waals surface area contributed by atoms with E-state index in [-0.39, 0.29) is 18.0 Å². The largest absolute Gasteiger partial charge is 0.500 e. The number of nitrogens with zero attached hydrogens (tertiary/aromatic N) is 2. The number of hydrogen-bond acceptors (Lipinski definition) is 5. The first kappa shape index (κ1) is 27.2. The number of nitro benzene ring substituents is 1. The van der Waals surface area contributed by atoms with Crippen molar-refractivity contribution in [2.24, 2.45) is 0 Å². The second-order valence-corrected chi connectivity index (χ2v) is 9.04. The van der Waals surface area contributed by atoms with Crippen molar-refractivity contribution in [3.8, 4) is 11.5 Å². The minimum atomic E-state index is -0.583. The highest BCUT2D eigenvalue weighted by Gasteiger charge is 2.20. The minimum absolute atomic E-state index is 0.0717. The third-order valence-electron chi connectivity index (χ3n) is 5.88. The van der Waals surface area contributed by atoms with Gasteiger partial charge in [0, 0.05) is 24.1 Å². The Balaban J connectivity index is 2.30. The monoisotopic (exact) mass is 470 g/mol. The number of aryl methyl sites for hydroxylation is 1. The van der Waals surface area contributed by atoms with E-state index >= 15 is 0 Å². The lowest BCUT2D eigenvalue weighted by atomic mass is 10.1. The van der Waals surface area contributed by atoms with E-state index in [1.165, 1.54) is 28.7 Å². The highest BCUT2D eigenvalue weighted by atomic mass is 16.6. The molecular weight excluding hydrogens is 432 g/mol. The van der Waals surface area contributed by atoms with E-state index in [0.717, 1.165) is 50.5 Å². The highest BCUT2D eigenvalue weighted by molar-refractivity contribution is 5.89. The molecule has 0 atom stereocenters. The fourth-order valence-corrected chi connectivity index (χ4v) is 3.89. The summed E-state index contributed by atoms with van der Waals surface area (Å²) in [6.07, 6.45) is 12.2. The van der Waals surface area contributed by atoms with Gasteiger partial charge in [-0.05, 0) is 52.2 Å². The molecule has 0 spiro atoms. The number of allylic oxidation sites excluding steroid dienone is 3. The Morgan fingerprint density at radius 2 is 1.82 bits per heavy atom. The lowest BCUT2D eigenvalue weighted by Gasteiger charge is -2.15. The van der Waals surface area contributed by atoms with Crippen LogP contribution >= 0.6 is 0 Å². The van der Waals surface area contributed by atoms with Crippen LogP contribution in [0.5, 0.6) is 11.5 Å². The lowest BCUT2D eigenvalue weighted by molar-refractivity contribution is -0.384. The van der Waals surface area contributed by atoms with Crippen molar-refractivity contribution in [3.63, 3.8) is 0 Å². The van der Waals surface area contributed by atoms with Gasteiger partial charge in [0.25, 0.3) is 11.2 Å². The Hall–Kier alpha value is -3.09. The average molecular weight is 471 g/mol. The van der Waals surface area contributed by atoms with Gasteiger partial charge in [0.2, 0.25) is 5.75 Å². The predicted octanol–water partition coefficient (Wildman–Crippen LogP) is 7.05. The number of fused-ring (bicyclic) bond motifs is 1. The molecule has 2 rings (SSSR count). The number of ether oxygens (including phenoxy) is 1. The molecule has 0 aliphatic carbocycles. The first-order valence-electron chi connectivity index (χ1n) is 12.2. The molecule has 34 heavy (non-hydrogen) atoms. The molecule has 0 saturated carbocycles. The van der Waals surface area contributed by atoms with Gasteiger partial charge in [-0.25, -0.2) is 0 Å². The number of pyridine rings is 1. The van der Waals surface area contributed by atoms with E-state index < -0.39 is 16.2 Å². The van der Waals surface area contributed by atoms with E-state index in [0.29, 0.717) is 17.4 Å². The van der Waals surface area contributed by atoms with Crippen molar-refractivity contribution in [1.82, 2.24) is 4.57 Å². The van der Waals surface area contributed by atoms with Crippen molar-refractivity contribution in [2.75, 3.05) is 6.61 Å². The number of aromatic nitrogens is 1. The number of unbranched alkanes of at least 4 members (excludes halogenated alkanes) is 5. The van der Waals surface area contributed by atoms with Crippen LogP contribution in [0.1, 0.15) is 79.1 Å². The summed E-state index contributed by atoms with van der Waals surface area (Å²) >= 11 is 0. The topological polar surface area (TPSA) is 94.6 Å². The van der Waals surface area contributed by atoms with Crippen molar-refractivity contribution in [1.29, 1.82) is 0 Å². The standard InChI is InChI=1S/C27H38N2O5/c1-5-6-7-8-9-10-17-28-24-19-22(29(32)33)14-15-23(24)26(25(30)27(28)31)34-18-16-21(4)13-11-12-20(2)3/h12,14-16,19,30H,5-11,13,17-18H2,1-4H3/b21-16+. The van der Waals surface area contributed by atoms with E-state index in [1.807, 2.05) is 13.0 Å². The van der Waals surface area contributed by atoms with Crippen LogP contribution in [0, 0.1) is 10.1 Å². The molecule has 1 heterocycles. The van der Waals surface area contributed by atoms with Gasteiger partial charge in [-0.1, -0.05) is 56.3 Å². The first-order valence-corrected chi connectivity index (χ1v) is 12.2. The summed E-state index contributed by atoms with van der Waals surface area (Å²) in [7, 11) is 0. The molecule has 186 valence electrons. The molecule has 7 heteroatoms. The molecule has 0 radical (unpaired) electrons. The quantitative estimate of drug-likeness (QED) is 0.138. The second kappa shape index (κ2) is 13.6. The maximum absolute atomic E-state index is 13.0. The van der Waals surface area contributed by atoms with Crippen LogP contribution in [0.4, 0.5) is 5.69 Å². The third kappa shape index (κ3) is 7.75. The van der Waals surface area contributed by atoms with Crippen LogP contribution in [0.2, 0.25) is 0 Å². The lowest BCUT2D eigenvalue weighted by Crippen LogP contribution is -2.21. The molecule has 0 aliphatic heterocycles. The van der Waals surface area contributed by atoms with Crippen LogP contribution in [0.3, 0.4) is 0 Å². The number of aromatic hydroxyl groups is 1. The number of nitro groups is 1. The SMILES string of the molecule is CCCCCCCCn1c(=O)c(O)c(OC/C=C(\C)CCC=C(C)C)c2ccc([N+](=O)[O-])cc21. The van der Waals surface area contributed by atoms with E-state index in [4.69, 9.17) is 4.74 Å². The van der Waals surface area contributed by atoms with Crippen molar-refractivity contribution >= 4 is 16.6 Å². The highest BCUT2D eigenvalue weighted by Crippen LogP contribution is 2.34. The van der Waals surface area contributed by atoms with Crippen LogP contribution < -0.4 is 10.3 Å². The zero-order valence-corrected chi connectivity index (χ0v) is 20.9. The van der Waals surface area contributed by atoms with Gasteiger partial charge in [0.15, 0.2) is 5.75 Å². The van der Waals surface area contributed by atoms with Gasteiger partial charge in [-0.2, -0.15) is 0 Å². The summed E-state index contributed by atoms with van der Waals surface area (Å²) in [6.45, 7) is 8.89. The van der Waals surface area contributed by atoms with E-state index in [9.17, 15) is 20.0 Å². The zero-order chi connectivity index (χ0) is 25.1. The van der Waals surface area contributed by atoms with Crippen molar-refractivity contribution < 1.29 is 14.8 Å². The zero-order valence-electron chi connectivity index (χ0n) is 20.9. The summed E-state index contributed by atoms with van der Waals surface area (Å²) < 4.78 is 7.26. The van der Waals surface area contributed by atoms with Gasteiger partial charge in [0.05, 0.1) is 10.4 Å². The van der Waals surface area contributed by atoms with Gasteiger partial charge < -0.3 is 14.4 Å². The van der Waals surface area contributed by atoms with Crippen LogP contribution in [-0.4, -0.2) is 21.2 Å². The third-order valence-corrected chi connectivity index (χ3v) is 5.88. The Morgan fingerprint density at radius 3 is 2.50 bits per heavy atom. The molecule has 0 amide bonds. The van der Waals surface area contributed by atoms with Gasteiger partial charge >= 0.3 is 0 Å². The molecule has 1 aromatic heterocycles. The van der Waals surface area contributed by atoms with E-state index in [1.54, 1.807) is 6.07 Å². The Labute approximate surface area is 201 Å². The molecule has 1 aromatic carbocycles. The number of non-ortho nitro benzene ring substituents is 1. The summed E-state index contributed by atoms with van der Waals surface area (Å²) in [4.78, 5) is 23.9. The average Bonchev–Trinajstić information content (AvgIpc) is 2.79. The fourth-order valence-electron chi connectivity index (χ4n) is 3.89. The van der Waals surface area contributed by atoms with E-state index in [2.05, 4.69) is 26.8 Å². The summed E-state index contributed by atoms with van der Waals surface area (Å²) in [5, 5.41) is 22.5. The molecule has 0 unspecified atom stereocenters. The molecule has 0 aliphatic rings. The van der Waals surface area contributed by atoms with Crippen LogP contribution in [0.25, 0.3) is 10.9 Å². The second-order valence-electron chi connectivity index (χ2n) is 9.04. The van der Waals surface area contributed by atoms with Crippen LogP contribution in [-0.2, 0) is 6.54 Å². The number of benzene rings is 1. The van der Waals surface area contributed by atoms with Gasteiger partial charge in [-0.3, -0.25) is 14.9 Å². The van der Waals surface area contributed by atoms with Crippen molar-refractivity contribution in [2.45, 2.75) is 85.6 Å².